The summed E-state index contributed by atoms with van der Waals surface area (Å²) in [6.07, 6.45) is 1.48. The molecule has 5 atom stereocenters. The molecule has 3 N–H and O–H groups in total. The molecule has 11 nitrogen and oxygen atoms in total. The van der Waals surface area contributed by atoms with Gasteiger partial charge in [-0.15, -0.1) is 0 Å². The van der Waals surface area contributed by atoms with Crippen LogP contribution >= 0.6 is 0 Å². The Hall–Kier alpha value is -2.89. The Morgan fingerprint density at radius 2 is 1.64 bits per heavy atom. The Labute approximate surface area is 262 Å². The summed E-state index contributed by atoms with van der Waals surface area (Å²) in [7, 11) is 3.14. The number of carboxylic acids is 1. The van der Waals surface area contributed by atoms with E-state index in [1.165, 1.54) is 14.0 Å². The molecule has 0 radical (unpaired) electrons. The maximum Gasteiger partial charge on any atom is 0.407 e. The molecular formula is C33H55NO10. The molecule has 1 rings (SSSR count). The summed E-state index contributed by atoms with van der Waals surface area (Å²) >= 11 is 0. The first-order valence-electron chi connectivity index (χ1n) is 15.5. The molecule has 0 spiro atoms. The average molecular weight is 626 g/mol. The molecule has 1 amide bonds. The smallest absolute Gasteiger partial charge is 0.407 e. The normalized spacial score (nSPS) is 15.1. The number of hydrogen-bond donors (Lipinski definition) is 3. The van der Waals surface area contributed by atoms with Crippen molar-refractivity contribution < 1.29 is 48.3 Å². The minimum atomic E-state index is -1.08. The summed E-state index contributed by atoms with van der Waals surface area (Å²) in [5.74, 6) is -0.408. The first kappa shape index (κ1) is 39.1. The quantitative estimate of drug-likeness (QED) is 0.118. The first-order chi connectivity index (χ1) is 20.7. The van der Waals surface area contributed by atoms with Crippen LogP contribution in [0.5, 0.6) is 11.5 Å². The van der Waals surface area contributed by atoms with Gasteiger partial charge in [-0.3, -0.25) is 4.79 Å². The zero-order valence-corrected chi connectivity index (χ0v) is 27.8. The van der Waals surface area contributed by atoms with Gasteiger partial charge in [-0.1, -0.05) is 26.8 Å². The fourth-order valence-electron chi connectivity index (χ4n) is 4.62. The third-order valence-corrected chi connectivity index (χ3v) is 7.28. The summed E-state index contributed by atoms with van der Waals surface area (Å²) < 4.78 is 27.8. The number of carbonyl (C=O) groups is 3. The number of carboxylic acid groups (broad SMARTS) is 1. The van der Waals surface area contributed by atoms with Crippen molar-refractivity contribution in [3.8, 4) is 11.5 Å². The van der Waals surface area contributed by atoms with Gasteiger partial charge in [0.2, 0.25) is 0 Å². The average Bonchev–Trinajstić information content (AvgIpc) is 2.94. The SMILES string of the molecule is COCCCOc1cc(CC(CC(NC(=O)OC(C)(C)C)C(O)CC(C)C(=O)O)C(C)C)ccc1OCCCC(C=O)OC. The van der Waals surface area contributed by atoms with Crippen molar-refractivity contribution in [1.29, 1.82) is 0 Å². The Morgan fingerprint density at radius 3 is 2.20 bits per heavy atom. The standard InChI is InChI=1S/C33H55NO10/c1-22(2)25(20-27(28(36)17-23(3)31(37)38)34-32(39)44-33(4,5)6)18-24-12-13-29(30(19-24)43-16-10-14-40-7)42-15-9-11-26(21-35)41-8/h12-13,19,21-23,25-28,36H,9-11,14-18,20H2,1-8H3,(H,34,39)(H,37,38). The topological polar surface area (TPSA) is 150 Å². The number of amides is 1. The Balaban J connectivity index is 3.16. The molecule has 0 bridgehead atoms. The minimum Gasteiger partial charge on any atom is -0.490 e. The van der Waals surface area contributed by atoms with Crippen LogP contribution in [0.4, 0.5) is 4.79 Å². The lowest BCUT2D eigenvalue weighted by molar-refractivity contribution is -0.142. The molecule has 0 aliphatic rings. The maximum absolute atomic E-state index is 12.7. The van der Waals surface area contributed by atoms with Gasteiger partial charge in [0.25, 0.3) is 0 Å². The van der Waals surface area contributed by atoms with E-state index in [4.69, 9.17) is 23.7 Å². The first-order valence-corrected chi connectivity index (χ1v) is 15.5. The second-order valence-corrected chi connectivity index (χ2v) is 12.6. The van der Waals surface area contributed by atoms with Gasteiger partial charge in [0.05, 0.1) is 31.3 Å². The summed E-state index contributed by atoms with van der Waals surface area (Å²) in [6, 6.07) is 5.06. The van der Waals surface area contributed by atoms with Crippen LogP contribution in [0, 0.1) is 17.8 Å². The van der Waals surface area contributed by atoms with E-state index in [-0.39, 0.29) is 18.3 Å². The number of aliphatic hydroxyl groups excluding tert-OH is 1. The number of carbonyl (C=O) groups excluding carboxylic acids is 2. The van der Waals surface area contributed by atoms with E-state index in [1.54, 1.807) is 27.9 Å². The summed E-state index contributed by atoms with van der Waals surface area (Å²) in [6.45, 7) is 12.3. The molecule has 0 aliphatic heterocycles. The highest BCUT2D eigenvalue weighted by molar-refractivity contribution is 5.70. The second kappa shape index (κ2) is 20.2. The number of nitrogens with one attached hydrogen (secondary N) is 1. The van der Waals surface area contributed by atoms with E-state index in [9.17, 15) is 24.6 Å². The number of alkyl carbamates (subject to hydrolysis) is 1. The third kappa shape index (κ3) is 15.7. The molecular weight excluding hydrogens is 570 g/mol. The van der Waals surface area contributed by atoms with Crippen molar-refractivity contribution >= 4 is 18.3 Å². The number of aliphatic carboxylic acids is 1. The molecule has 5 unspecified atom stereocenters. The molecule has 0 aliphatic carbocycles. The minimum absolute atomic E-state index is 0.00983. The number of rotatable bonds is 22. The van der Waals surface area contributed by atoms with Crippen molar-refractivity contribution in [3.63, 3.8) is 0 Å². The van der Waals surface area contributed by atoms with E-state index >= 15 is 0 Å². The van der Waals surface area contributed by atoms with Gasteiger partial charge in [0, 0.05) is 27.2 Å². The molecule has 252 valence electrons. The highest BCUT2D eigenvalue weighted by Gasteiger charge is 2.31. The molecule has 0 saturated carbocycles. The summed E-state index contributed by atoms with van der Waals surface area (Å²) in [5, 5.41) is 23.3. The molecule has 0 fully saturated rings. The number of aldehydes is 1. The van der Waals surface area contributed by atoms with Gasteiger partial charge in [-0.05, 0) is 82.4 Å². The van der Waals surface area contributed by atoms with Crippen LogP contribution in [0.1, 0.15) is 79.2 Å². The number of ether oxygens (including phenoxy) is 5. The van der Waals surface area contributed by atoms with Crippen molar-refractivity contribution in [2.24, 2.45) is 17.8 Å². The van der Waals surface area contributed by atoms with E-state index < -0.39 is 41.8 Å². The molecule has 11 heteroatoms. The van der Waals surface area contributed by atoms with Crippen LogP contribution in [-0.4, -0.2) is 86.5 Å². The predicted molar refractivity (Wildman–Crippen MR) is 167 cm³/mol. The fraction of sp³-hybridized carbons (Fsp3) is 0.727. The van der Waals surface area contributed by atoms with E-state index in [2.05, 4.69) is 19.2 Å². The predicted octanol–water partition coefficient (Wildman–Crippen LogP) is 5.04. The van der Waals surface area contributed by atoms with Crippen LogP contribution < -0.4 is 14.8 Å². The van der Waals surface area contributed by atoms with Crippen molar-refractivity contribution in [1.82, 2.24) is 5.32 Å². The number of benzene rings is 1. The van der Waals surface area contributed by atoms with Gasteiger partial charge in [0.15, 0.2) is 11.5 Å². The van der Waals surface area contributed by atoms with Crippen LogP contribution in [0.15, 0.2) is 18.2 Å². The van der Waals surface area contributed by atoms with Crippen LogP contribution in [-0.2, 0) is 30.2 Å². The summed E-state index contributed by atoms with van der Waals surface area (Å²) in [4.78, 5) is 35.2. The lowest BCUT2D eigenvalue weighted by Crippen LogP contribution is -2.47. The van der Waals surface area contributed by atoms with Crippen molar-refractivity contribution in [3.05, 3.63) is 23.8 Å². The van der Waals surface area contributed by atoms with Crippen LogP contribution in [0.2, 0.25) is 0 Å². The highest BCUT2D eigenvalue weighted by Crippen LogP contribution is 2.32. The number of methoxy groups -OCH3 is 2. The molecule has 1 aromatic carbocycles. The molecule has 0 saturated heterocycles. The van der Waals surface area contributed by atoms with Crippen LogP contribution in [0.25, 0.3) is 0 Å². The van der Waals surface area contributed by atoms with E-state index in [1.807, 2.05) is 18.2 Å². The summed E-state index contributed by atoms with van der Waals surface area (Å²) in [5.41, 5.74) is 0.261. The lowest BCUT2D eigenvalue weighted by atomic mass is 9.82. The maximum atomic E-state index is 12.7. The monoisotopic (exact) mass is 625 g/mol. The van der Waals surface area contributed by atoms with Gasteiger partial charge in [0.1, 0.15) is 18.0 Å². The molecule has 44 heavy (non-hydrogen) atoms. The molecule has 0 heterocycles. The van der Waals surface area contributed by atoms with Gasteiger partial charge in [-0.2, -0.15) is 0 Å². The lowest BCUT2D eigenvalue weighted by Gasteiger charge is -2.32. The fourth-order valence-corrected chi connectivity index (χ4v) is 4.62. The Kier molecular flexibility index (Phi) is 18.0. The van der Waals surface area contributed by atoms with E-state index in [0.29, 0.717) is 63.4 Å². The van der Waals surface area contributed by atoms with E-state index in [0.717, 1.165) is 11.8 Å². The zero-order valence-electron chi connectivity index (χ0n) is 27.8. The Bertz CT molecular complexity index is 993. The number of hydrogen-bond acceptors (Lipinski definition) is 9. The molecule has 0 aromatic heterocycles. The Morgan fingerprint density at radius 1 is 0.977 bits per heavy atom. The second-order valence-electron chi connectivity index (χ2n) is 12.6. The highest BCUT2D eigenvalue weighted by atomic mass is 16.6. The van der Waals surface area contributed by atoms with Gasteiger partial charge in [-0.25, -0.2) is 4.79 Å². The third-order valence-electron chi connectivity index (χ3n) is 7.28. The molecule has 1 aromatic rings. The number of aliphatic hydroxyl groups is 1. The van der Waals surface area contributed by atoms with Crippen molar-refractivity contribution in [2.45, 2.75) is 104 Å². The largest absolute Gasteiger partial charge is 0.490 e. The van der Waals surface area contributed by atoms with Crippen molar-refractivity contribution in [2.75, 3.05) is 34.0 Å². The van der Waals surface area contributed by atoms with Crippen LogP contribution in [0.3, 0.4) is 0 Å². The van der Waals surface area contributed by atoms with Gasteiger partial charge >= 0.3 is 12.1 Å². The van der Waals surface area contributed by atoms with Gasteiger partial charge < -0.3 is 44.0 Å². The zero-order chi connectivity index (χ0) is 33.3.